The fourth-order valence-electron chi connectivity index (χ4n) is 2.60. The Morgan fingerprint density at radius 1 is 1.12 bits per heavy atom. The molecule has 0 heterocycles. The third kappa shape index (κ3) is 5.05. The first-order valence-corrected chi connectivity index (χ1v) is 11.7. The number of aryl methyl sites for hydroxylation is 1. The summed E-state index contributed by atoms with van der Waals surface area (Å²) in [5, 5.41) is 9.87. The van der Waals surface area contributed by atoms with Crippen LogP contribution in [0.4, 0.5) is 0 Å². The second kappa shape index (κ2) is 7.24. The van der Waals surface area contributed by atoms with Crippen LogP contribution in [0.2, 0.25) is 18.1 Å². The van der Waals surface area contributed by atoms with Gasteiger partial charge in [0, 0.05) is 6.42 Å². The number of ketones is 1. The average Bonchev–Trinajstić information content (AvgIpc) is 2.44. The molecule has 4 heteroatoms. The summed E-state index contributed by atoms with van der Waals surface area (Å²) < 4.78 is 6.29. The molecule has 1 unspecified atom stereocenters. The number of carbonyl (C=O) groups is 1. The number of benzene rings is 1. The molecule has 2 rings (SSSR count). The van der Waals surface area contributed by atoms with Crippen LogP contribution < -0.4 is 4.43 Å². The Morgan fingerprint density at radius 2 is 1.75 bits per heavy atom. The van der Waals surface area contributed by atoms with Crippen LogP contribution in [0.3, 0.4) is 0 Å². The Kier molecular flexibility index (Phi) is 5.71. The molecule has 0 saturated heterocycles. The van der Waals surface area contributed by atoms with Gasteiger partial charge in [0.15, 0.2) is 5.78 Å². The van der Waals surface area contributed by atoms with Crippen LogP contribution in [0.15, 0.2) is 35.9 Å². The summed E-state index contributed by atoms with van der Waals surface area (Å²) in [4.78, 5) is 11.5. The quantitative estimate of drug-likeness (QED) is 0.789. The van der Waals surface area contributed by atoms with Crippen LogP contribution in [0.25, 0.3) is 0 Å². The highest BCUT2D eigenvalue weighted by molar-refractivity contribution is 6.74. The third-order valence-electron chi connectivity index (χ3n) is 5.14. The fourth-order valence-corrected chi connectivity index (χ4v) is 3.64. The van der Waals surface area contributed by atoms with Gasteiger partial charge in [-0.15, -0.1) is 0 Å². The first kappa shape index (κ1) is 18.9. The summed E-state index contributed by atoms with van der Waals surface area (Å²) in [6.07, 6.45) is 3.80. The maximum atomic E-state index is 11.5. The van der Waals surface area contributed by atoms with Crippen LogP contribution in [0, 0.1) is 0 Å². The van der Waals surface area contributed by atoms with Crippen molar-refractivity contribution in [2.24, 2.45) is 0 Å². The van der Waals surface area contributed by atoms with Crippen molar-refractivity contribution in [2.45, 2.75) is 70.7 Å². The number of carbonyl (C=O) groups excluding carboxylic acids is 1. The first-order chi connectivity index (χ1) is 11.1. The lowest BCUT2D eigenvalue weighted by Crippen LogP contribution is -2.43. The summed E-state index contributed by atoms with van der Waals surface area (Å²) in [6.45, 7) is 11.2. The maximum absolute atomic E-state index is 11.5. The van der Waals surface area contributed by atoms with Gasteiger partial charge in [-0.05, 0) is 61.2 Å². The monoisotopic (exact) mass is 346 g/mol. The van der Waals surface area contributed by atoms with Gasteiger partial charge in [0.25, 0.3) is 0 Å². The summed E-state index contributed by atoms with van der Waals surface area (Å²) in [6, 6.07) is 8.30. The number of hydrogen-bond acceptors (Lipinski definition) is 3. The zero-order valence-corrected chi connectivity index (χ0v) is 16.6. The molecule has 0 fully saturated rings. The van der Waals surface area contributed by atoms with Gasteiger partial charge >= 0.3 is 0 Å². The van der Waals surface area contributed by atoms with Crippen molar-refractivity contribution in [3.63, 3.8) is 0 Å². The predicted molar refractivity (Wildman–Crippen MR) is 101 cm³/mol. The Balaban J connectivity index is 1.94. The van der Waals surface area contributed by atoms with Gasteiger partial charge in [-0.1, -0.05) is 38.5 Å². The molecule has 0 bridgehead atoms. The van der Waals surface area contributed by atoms with Crippen molar-refractivity contribution in [3.05, 3.63) is 41.5 Å². The molecule has 1 atom stereocenters. The van der Waals surface area contributed by atoms with Crippen LogP contribution in [0.1, 0.15) is 45.6 Å². The van der Waals surface area contributed by atoms with Gasteiger partial charge in [0.2, 0.25) is 8.32 Å². The van der Waals surface area contributed by atoms with E-state index in [0.29, 0.717) is 6.42 Å². The van der Waals surface area contributed by atoms with Gasteiger partial charge in [0.05, 0.1) is 6.10 Å². The molecule has 1 aliphatic rings. The highest BCUT2D eigenvalue weighted by atomic mass is 28.4. The van der Waals surface area contributed by atoms with E-state index < -0.39 is 14.4 Å². The second-order valence-corrected chi connectivity index (χ2v) is 13.1. The minimum absolute atomic E-state index is 0.0434. The van der Waals surface area contributed by atoms with E-state index in [1.807, 2.05) is 12.1 Å². The van der Waals surface area contributed by atoms with Crippen molar-refractivity contribution in [3.8, 4) is 5.75 Å². The lowest BCUT2D eigenvalue weighted by atomic mass is 9.92. The molecule has 1 aliphatic carbocycles. The lowest BCUT2D eigenvalue weighted by molar-refractivity contribution is -0.117. The average molecular weight is 347 g/mol. The summed E-state index contributed by atoms with van der Waals surface area (Å²) in [7, 11) is -1.80. The largest absolute Gasteiger partial charge is 0.544 e. The minimum Gasteiger partial charge on any atom is -0.544 e. The Hall–Kier alpha value is -1.39. The maximum Gasteiger partial charge on any atom is 0.250 e. The molecule has 0 amide bonds. The number of hydrogen-bond donors (Lipinski definition) is 1. The first-order valence-electron chi connectivity index (χ1n) is 8.75. The molecule has 132 valence electrons. The molecule has 0 aliphatic heterocycles. The second-order valence-electron chi connectivity index (χ2n) is 8.34. The predicted octanol–water partition coefficient (Wildman–Crippen LogP) is 4.65. The van der Waals surface area contributed by atoms with Crippen molar-refractivity contribution < 1.29 is 14.3 Å². The molecule has 0 spiro atoms. The molecule has 1 aromatic rings. The van der Waals surface area contributed by atoms with Crippen molar-refractivity contribution >= 4 is 14.1 Å². The smallest absolute Gasteiger partial charge is 0.250 e. The molecule has 3 nitrogen and oxygen atoms in total. The summed E-state index contributed by atoms with van der Waals surface area (Å²) in [5.41, 5.74) is 2.28. The van der Waals surface area contributed by atoms with Gasteiger partial charge in [-0.2, -0.15) is 0 Å². The van der Waals surface area contributed by atoms with E-state index >= 15 is 0 Å². The van der Waals surface area contributed by atoms with Gasteiger partial charge in [-0.25, -0.2) is 0 Å². The molecule has 0 saturated carbocycles. The zero-order valence-electron chi connectivity index (χ0n) is 15.6. The van der Waals surface area contributed by atoms with Crippen molar-refractivity contribution in [1.29, 1.82) is 0 Å². The Bertz CT molecular complexity index is 609. The topological polar surface area (TPSA) is 46.5 Å². The van der Waals surface area contributed by atoms with Gasteiger partial charge in [-0.3, -0.25) is 4.79 Å². The van der Waals surface area contributed by atoms with E-state index in [2.05, 4.69) is 46.0 Å². The van der Waals surface area contributed by atoms with Crippen LogP contribution in [0.5, 0.6) is 5.75 Å². The fraction of sp³-hybridized carbons (Fsp3) is 0.550. The zero-order chi connectivity index (χ0) is 18.0. The number of rotatable bonds is 5. The minimum atomic E-state index is -1.80. The number of aliphatic hydroxyl groups is 1. The molecular weight excluding hydrogens is 316 g/mol. The third-order valence-corrected chi connectivity index (χ3v) is 9.50. The standard InChI is InChI=1S/C20H30O3Si/c1-20(2,3)24(4,5)23-19-10-8-15(9-11-19)6-7-16-12-17(21)14-18(22)13-16/h8-12,18,22H,6-7,13-14H2,1-5H3. The lowest BCUT2D eigenvalue weighted by Gasteiger charge is -2.36. The van der Waals surface area contributed by atoms with Gasteiger partial charge in [0.1, 0.15) is 5.75 Å². The molecular formula is C20H30O3Si. The number of allylic oxidation sites excluding steroid dienone is 1. The molecule has 0 radical (unpaired) electrons. The highest BCUT2D eigenvalue weighted by Gasteiger charge is 2.38. The van der Waals surface area contributed by atoms with E-state index in [4.69, 9.17) is 4.43 Å². The van der Waals surface area contributed by atoms with E-state index in [9.17, 15) is 9.90 Å². The summed E-state index contributed by atoms with van der Waals surface area (Å²) >= 11 is 0. The van der Waals surface area contributed by atoms with Gasteiger partial charge < -0.3 is 9.53 Å². The van der Waals surface area contributed by atoms with Crippen LogP contribution in [-0.2, 0) is 11.2 Å². The normalized spacial score (nSPS) is 19.2. The number of aliphatic hydroxyl groups excluding tert-OH is 1. The van der Waals surface area contributed by atoms with Crippen LogP contribution in [-0.4, -0.2) is 25.3 Å². The summed E-state index contributed by atoms with van der Waals surface area (Å²) in [5.74, 6) is 0.981. The molecule has 1 aromatic carbocycles. The highest BCUT2D eigenvalue weighted by Crippen LogP contribution is 2.37. The van der Waals surface area contributed by atoms with E-state index in [1.54, 1.807) is 6.08 Å². The van der Waals surface area contributed by atoms with E-state index in [-0.39, 0.29) is 17.2 Å². The SMILES string of the molecule is CC(C)(C)[Si](C)(C)Oc1ccc(CCC2=CC(=O)CC(O)C2)cc1. The Morgan fingerprint density at radius 3 is 2.29 bits per heavy atom. The van der Waals surface area contributed by atoms with E-state index in [0.717, 1.165) is 24.2 Å². The van der Waals surface area contributed by atoms with Crippen molar-refractivity contribution in [2.75, 3.05) is 0 Å². The molecule has 24 heavy (non-hydrogen) atoms. The Labute approximate surface area is 146 Å². The molecule has 0 aromatic heterocycles. The van der Waals surface area contributed by atoms with Crippen molar-refractivity contribution in [1.82, 2.24) is 0 Å². The van der Waals surface area contributed by atoms with E-state index in [1.165, 1.54) is 5.56 Å². The molecule has 1 N–H and O–H groups in total. The van der Waals surface area contributed by atoms with Crippen LogP contribution >= 0.6 is 0 Å².